The van der Waals surface area contributed by atoms with Crippen LogP contribution in [0.25, 0.3) is 22.5 Å². The summed E-state index contributed by atoms with van der Waals surface area (Å²) in [7, 11) is 0.978. The molecule has 2 heterocycles. The monoisotopic (exact) mass is 316 g/mol. The molecule has 0 fully saturated rings. The summed E-state index contributed by atoms with van der Waals surface area (Å²) in [6.45, 7) is 7.72. The van der Waals surface area contributed by atoms with Gasteiger partial charge in [-0.1, -0.05) is 68.4 Å². The predicted molar refractivity (Wildman–Crippen MR) is 100 cm³/mol. The van der Waals surface area contributed by atoms with Crippen molar-refractivity contribution in [2.45, 2.75) is 32.6 Å². The van der Waals surface area contributed by atoms with Crippen LogP contribution in [0, 0.1) is 0 Å². The third-order valence-corrected chi connectivity index (χ3v) is 4.36. The van der Waals surface area contributed by atoms with Crippen molar-refractivity contribution >= 4 is 13.1 Å². The van der Waals surface area contributed by atoms with Gasteiger partial charge in [0.1, 0.15) is 5.69 Å². The Balaban J connectivity index is 1.97. The number of H-pyrrole nitrogens is 1. The summed E-state index contributed by atoms with van der Waals surface area (Å²) in [5, 5.41) is 11.8. The molecule has 1 N–H and O–H groups in total. The molecule has 1 aromatic heterocycles. The molecular formula is C19H21BN4. The van der Waals surface area contributed by atoms with E-state index in [2.05, 4.69) is 89.5 Å². The topological polar surface area (TPSA) is 44.8 Å². The lowest BCUT2D eigenvalue weighted by Crippen LogP contribution is -2.34. The Morgan fingerprint density at radius 2 is 1.71 bits per heavy atom. The van der Waals surface area contributed by atoms with E-state index in [1.165, 1.54) is 16.8 Å². The van der Waals surface area contributed by atoms with Gasteiger partial charge < -0.3 is 4.81 Å². The third kappa shape index (κ3) is 2.60. The molecule has 24 heavy (non-hydrogen) atoms. The lowest BCUT2D eigenvalue weighted by atomic mass is 9.62. The fourth-order valence-corrected chi connectivity index (χ4v) is 3.46. The molecule has 0 saturated carbocycles. The fourth-order valence-electron chi connectivity index (χ4n) is 3.46. The van der Waals surface area contributed by atoms with Crippen LogP contribution in [0.15, 0.2) is 48.5 Å². The number of hydrogen-bond donors (Lipinski definition) is 1. The molecule has 5 heteroatoms. The van der Waals surface area contributed by atoms with E-state index in [0.717, 1.165) is 30.9 Å². The molecule has 1 aliphatic heterocycles. The van der Waals surface area contributed by atoms with Crippen molar-refractivity contribution in [2.75, 3.05) is 4.81 Å². The van der Waals surface area contributed by atoms with Crippen molar-refractivity contribution in [1.82, 2.24) is 15.4 Å². The van der Waals surface area contributed by atoms with Gasteiger partial charge in [0.25, 0.3) is 0 Å². The summed E-state index contributed by atoms with van der Waals surface area (Å²) in [4.78, 5) is 2.46. The Kier molecular flexibility index (Phi) is 3.45. The van der Waals surface area contributed by atoms with E-state index >= 15 is 0 Å². The molecule has 0 aliphatic carbocycles. The standard InChI is InChI=1S/C19H21BN4/c1-19(2,3)20-24-12-13-8-4-5-9-14(13)17-18(22-23-21-17)15-10-6-7-11-16(15)24/h4-11,20H,12H2,1-3H3,(H,21,22,23). The van der Waals surface area contributed by atoms with Crippen LogP contribution in [0.4, 0.5) is 5.69 Å². The van der Waals surface area contributed by atoms with E-state index < -0.39 is 0 Å². The van der Waals surface area contributed by atoms with Gasteiger partial charge in [-0.25, -0.2) is 0 Å². The Morgan fingerprint density at radius 1 is 1.00 bits per heavy atom. The number of hydrogen-bond acceptors (Lipinski definition) is 3. The maximum atomic E-state index is 4.40. The largest absolute Gasteiger partial charge is 0.413 e. The number of anilines is 1. The predicted octanol–water partition coefficient (Wildman–Crippen LogP) is 4.03. The van der Waals surface area contributed by atoms with E-state index in [1.807, 2.05) is 0 Å². The first kappa shape index (κ1) is 15.0. The first-order valence-electron chi connectivity index (χ1n) is 8.37. The number of nitrogens with zero attached hydrogens (tertiary/aromatic N) is 3. The molecule has 0 amide bonds. The van der Waals surface area contributed by atoms with Crippen LogP contribution in [0.1, 0.15) is 26.3 Å². The highest BCUT2D eigenvalue weighted by Crippen LogP contribution is 2.40. The van der Waals surface area contributed by atoms with E-state index in [1.54, 1.807) is 0 Å². The highest BCUT2D eigenvalue weighted by molar-refractivity contribution is 6.45. The van der Waals surface area contributed by atoms with Crippen LogP contribution in [-0.2, 0) is 6.54 Å². The fraction of sp³-hybridized carbons (Fsp3) is 0.263. The first-order valence-corrected chi connectivity index (χ1v) is 8.37. The summed E-state index contributed by atoms with van der Waals surface area (Å²) < 4.78 is 0. The number of para-hydroxylation sites is 1. The normalized spacial score (nSPS) is 13.4. The number of benzene rings is 2. The summed E-state index contributed by atoms with van der Waals surface area (Å²) in [5.74, 6) is 0. The summed E-state index contributed by atoms with van der Waals surface area (Å²) in [6, 6.07) is 17.0. The Hall–Kier alpha value is -2.56. The minimum absolute atomic E-state index is 0.202. The maximum absolute atomic E-state index is 4.40. The van der Waals surface area contributed by atoms with Crippen LogP contribution in [0.3, 0.4) is 0 Å². The minimum Gasteiger partial charge on any atom is -0.413 e. The summed E-state index contributed by atoms with van der Waals surface area (Å²) >= 11 is 0. The molecule has 0 saturated heterocycles. The maximum Gasteiger partial charge on any atom is 0.242 e. The van der Waals surface area contributed by atoms with Crippen LogP contribution in [0.2, 0.25) is 5.31 Å². The molecule has 0 spiro atoms. The van der Waals surface area contributed by atoms with Gasteiger partial charge in [-0.2, -0.15) is 0 Å². The first-order chi connectivity index (χ1) is 11.5. The molecule has 120 valence electrons. The zero-order valence-corrected chi connectivity index (χ0v) is 14.4. The zero-order valence-electron chi connectivity index (χ0n) is 14.4. The van der Waals surface area contributed by atoms with Crippen molar-refractivity contribution < 1.29 is 0 Å². The number of aromatic amines is 1. The van der Waals surface area contributed by atoms with Crippen molar-refractivity contribution in [1.29, 1.82) is 0 Å². The zero-order chi connectivity index (χ0) is 16.7. The lowest BCUT2D eigenvalue weighted by Gasteiger charge is -2.34. The Morgan fingerprint density at radius 3 is 2.50 bits per heavy atom. The SMILES string of the molecule is CC(C)(C)BN1Cc2ccccc2-c2[nH]nnc2-c2ccccc21. The van der Waals surface area contributed by atoms with Crippen molar-refractivity contribution in [3.05, 3.63) is 54.1 Å². The van der Waals surface area contributed by atoms with E-state index in [0.29, 0.717) is 0 Å². The third-order valence-electron chi connectivity index (χ3n) is 4.36. The van der Waals surface area contributed by atoms with Gasteiger partial charge in [0.2, 0.25) is 7.41 Å². The second-order valence-corrected chi connectivity index (χ2v) is 7.63. The molecule has 3 aromatic rings. The van der Waals surface area contributed by atoms with Crippen LogP contribution < -0.4 is 4.81 Å². The molecule has 4 rings (SSSR count). The van der Waals surface area contributed by atoms with Gasteiger partial charge in [-0.05, 0) is 16.9 Å². The van der Waals surface area contributed by atoms with Gasteiger partial charge in [0.05, 0.1) is 5.69 Å². The van der Waals surface area contributed by atoms with E-state index in [-0.39, 0.29) is 5.31 Å². The highest BCUT2D eigenvalue weighted by Gasteiger charge is 2.27. The number of rotatable bonds is 1. The minimum atomic E-state index is 0.202. The molecule has 0 atom stereocenters. The van der Waals surface area contributed by atoms with Crippen LogP contribution in [-0.4, -0.2) is 22.8 Å². The van der Waals surface area contributed by atoms with Gasteiger partial charge in [-0.15, -0.1) is 5.10 Å². The van der Waals surface area contributed by atoms with Crippen LogP contribution in [0.5, 0.6) is 0 Å². The van der Waals surface area contributed by atoms with Gasteiger partial charge >= 0.3 is 0 Å². The average Bonchev–Trinajstić information content (AvgIpc) is 3.01. The number of nitrogens with one attached hydrogen (secondary N) is 1. The summed E-state index contributed by atoms with van der Waals surface area (Å²) in [5.41, 5.74) is 6.77. The lowest BCUT2D eigenvalue weighted by molar-refractivity contribution is 0.741. The van der Waals surface area contributed by atoms with Gasteiger partial charge in [-0.3, -0.25) is 5.10 Å². The molecule has 0 radical (unpaired) electrons. The Labute approximate surface area is 143 Å². The highest BCUT2D eigenvalue weighted by atomic mass is 15.3. The molecule has 0 unspecified atom stereocenters. The Bertz CT molecular complexity index is 879. The quantitative estimate of drug-likeness (QED) is 0.689. The van der Waals surface area contributed by atoms with E-state index in [4.69, 9.17) is 0 Å². The van der Waals surface area contributed by atoms with Crippen molar-refractivity contribution in [2.24, 2.45) is 0 Å². The van der Waals surface area contributed by atoms with Crippen molar-refractivity contribution in [3.63, 3.8) is 0 Å². The second kappa shape index (κ2) is 5.51. The number of fused-ring (bicyclic) bond motifs is 5. The van der Waals surface area contributed by atoms with E-state index in [9.17, 15) is 0 Å². The molecule has 2 aromatic carbocycles. The van der Waals surface area contributed by atoms with Gasteiger partial charge in [0, 0.05) is 23.4 Å². The average molecular weight is 316 g/mol. The van der Waals surface area contributed by atoms with Crippen LogP contribution >= 0.6 is 0 Å². The molecule has 4 nitrogen and oxygen atoms in total. The molecular weight excluding hydrogens is 295 g/mol. The molecule has 0 bridgehead atoms. The van der Waals surface area contributed by atoms with Crippen molar-refractivity contribution in [3.8, 4) is 22.5 Å². The number of aromatic nitrogens is 3. The smallest absolute Gasteiger partial charge is 0.242 e. The summed E-state index contributed by atoms with van der Waals surface area (Å²) in [6.07, 6.45) is 0. The van der Waals surface area contributed by atoms with Gasteiger partial charge in [0.15, 0.2) is 0 Å². The molecule has 1 aliphatic rings. The second-order valence-electron chi connectivity index (χ2n) is 7.63.